The number of nitrogens with two attached hydrogens (primary N) is 1. The van der Waals surface area contributed by atoms with Crippen LogP contribution in [-0.2, 0) is 9.59 Å². The third-order valence-corrected chi connectivity index (χ3v) is 5.59. The SMILES string of the molecule is CC(=O)Nc1cccc(NC(=O)CSc2nnc(N/N=C/c3cccc(Cl)c3Cl)n2N)c1. The van der Waals surface area contributed by atoms with Gasteiger partial charge in [0.05, 0.1) is 22.0 Å². The first-order valence-electron chi connectivity index (χ1n) is 9.07. The Morgan fingerprint density at radius 3 is 2.62 bits per heavy atom. The Hall–Kier alpha value is -3.28. The summed E-state index contributed by atoms with van der Waals surface area (Å²) in [5, 5.41) is 18.4. The van der Waals surface area contributed by atoms with Crippen molar-refractivity contribution in [3.8, 4) is 0 Å². The summed E-state index contributed by atoms with van der Waals surface area (Å²) in [5.74, 6) is 5.70. The van der Waals surface area contributed by atoms with E-state index in [0.29, 0.717) is 32.1 Å². The van der Waals surface area contributed by atoms with Gasteiger partial charge in [-0.2, -0.15) is 5.10 Å². The summed E-state index contributed by atoms with van der Waals surface area (Å²) in [4.78, 5) is 23.4. The molecule has 166 valence electrons. The lowest BCUT2D eigenvalue weighted by Gasteiger charge is -2.07. The molecule has 3 rings (SSSR count). The van der Waals surface area contributed by atoms with E-state index in [9.17, 15) is 9.59 Å². The molecule has 0 aliphatic heterocycles. The number of amides is 2. The first-order valence-corrected chi connectivity index (χ1v) is 10.8. The Morgan fingerprint density at radius 1 is 1.16 bits per heavy atom. The van der Waals surface area contributed by atoms with Crippen molar-refractivity contribution in [3.05, 3.63) is 58.1 Å². The number of benzene rings is 2. The minimum Gasteiger partial charge on any atom is -0.334 e. The zero-order valence-corrected chi connectivity index (χ0v) is 19.0. The molecular formula is C19H18Cl2N8O2S. The molecular weight excluding hydrogens is 475 g/mol. The summed E-state index contributed by atoms with van der Waals surface area (Å²) < 4.78 is 1.17. The Kier molecular flexibility index (Phi) is 7.92. The van der Waals surface area contributed by atoms with Gasteiger partial charge in [-0.3, -0.25) is 9.59 Å². The van der Waals surface area contributed by atoms with Crippen molar-refractivity contribution < 1.29 is 9.59 Å². The van der Waals surface area contributed by atoms with Crippen LogP contribution in [0, 0.1) is 0 Å². The summed E-state index contributed by atoms with van der Waals surface area (Å²) in [6.07, 6.45) is 1.47. The number of anilines is 3. The monoisotopic (exact) mass is 492 g/mol. The van der Waals surface area contributed by atoms with Gasteiger partial charge in [0.1, 0.15) is 0 Å². The number of thioether (sulfide) groups is 1. The number of hydrazone groups is 1. The molecule has 0 saturated carbocycles. The minimum atomic E-state index is -0.277. The maximum Gasteiger partial charge on any atom is 0.264 e. The maximum atomic E-state index is 12.2. The third kappa shape index (κ3) is 6.36. The van der Waals surface area contributed by atoms with E-state index < -0.39 is 0 Å². The normalized spacial score (nSPS) is 10.8. The van der Waals surface area contributed by atoms with Gasteiger partial charge in [-0.1, -0.05) is 53.2 Å². The fourth-order valence-corrected chi connectivity index (χ4v) is 3.45. The molecule has 0 atom stereocenters. The van der Waals surface area contributed by atoms with Gasteiger partial charge in [0.15, 0.2) is 0 Å². The molecule has 32 heavy (non-hydrogen) atoms. The van der Waals surface area contributed by atoms with Gasteiger partial charge in [-0.15, -0.1) is 10.2 Å². The van der Waals surface area contributed by atoms with E-state index in [4.69, 9.17) is 29.0 Å². The van der Waals surface area contributed by atoms with Crippen LogP contribution in [-0.4, -0.2) is 38.7 Å². The number of carbonyl (C=O) groups is 2. The van der Waals surface area contributed by atoms with E-state index in [0.717, 1.165) is 11.8 Å². The van der Waals surface area contributed by atoms with Crippen LogP contribution in [0.3, 0.4) is 0 Å². The molecule has 0 saturated heterocycles. The van der Waals surface area contributed by atoms with Crippen molar-refractivity contribution >= 4 is 70.3 Å². The molecule has 0 aliphatic carbocycles. The first kappa shape index (κ1) is 23.4. The van der Waals surface area contributed by atoms with Crippen molar-refractivity contribution in [1.82, 2.24) is 14.9 Å². The Balaban J connectivity index is 1.54. The first-order chi connectivity index (χ1) is 15.3. The second kappa shape index (κ2) is 10.8. The topological polar surface area (TPSA) is 139 Å². The van der Waals surface area contributed by atoms with E-state index >= 15 is 0 Å². The summed E-state index contributed by atoms with van der Waals surface area (Å²) in [6.45, 7) is 1.41. The van der Waals surface area contributed by atoms with Gasteiger partial charge in [-0.05, 0) is 24.3 Å². The number of hydrogen-bond donors (Lipinski definition) is 4. The number of aromatic nitrogens is 3. The molecule has 2 aromatic carbocycles. The second-order valence-corrected chi connectivity index (χ2v) is 8.02. The van der Waals surface area contributed by atoms with Gasteiger partial charge in [0.2, 0.25) is 17.0 Å². The van der Waals surface area contributed by atoms with Crippen LogP contribution in [0.5, 0.6) is 0 Å². The fourth-order valence-electron chi connectivity index (χ4n) is 2.44. The lowest BCUT2D eigenvalue weighted by molar-refractivity contribution is -0.114. The standard InChI is InChI=1S/C19H18Cl2N8O2S/c1-11(30)24-13-5-3-6-14(8-13)25-16(31)10-32-19-28-27-18(29(19)22)26-23-9-12-4-2-7-15(20)17(12)21/h2-9H,10,22H2,1H3,(H,24,30)(H,25,31)(H,26,27)/b23-9+. The largest absolute Gasteiger partial charge is 0.334 e. The zero-order valence-electron chi connectivity index (χ0n) is 16.7. The summed E-state index contributed by atoms with van der Waals surface area (Å²) >= 11 is 13.2. The lowest BCUT2D eigenvalue weighted by atomic mass is 10.2. The van der Waals surface area contributed by atoms with Crippen LogP contribution < -0.4 is 21.9 Å². The van der Waals surface area contributed by atoms with Crippen molar-refractivity contribution in [3.63, 3.8) is 0 Å². The average molecular weight is 493 g/mol. The van der Waals surface area contributed by atoms with E-state index in [1.165, 1.54) is 17.8 Å². The smallest absolute Gasteiger partial charge is 0.264 e. The molecule has 0 unspecified atom stereocenters. The molecule has 5 N–H and O–H groups in total. The van der Waals surface area contributed by atoms with Gasteiger partial charge in [0, 0.05) is 23.9 Å². The maximum absolute atomic E-state index is 12.2. The van der Waals surface area contributed by atoms with Crippen LogP contribution in [0.4, 0.5) is 17.3 Å². The molecule has 0 radical (unpaired) electrons. The summed E-state index contributed by atoms with van der Waals surface area (Å²) in [7, 11) is 0. The summed E-state index contributed by atoms with van der Waals surface area (Å²) in [6, 6.07) is 12.0. The van der Waals surface area contributed by atoms with Crippen molar-refractivity contribution in [1.29, 1.82) is 0 Å². The highest BCUT2D eigenvalue weighted by molar-refractivity contribution is 7.99. The third-order valence-electron chi connectivity index (χ3n) is 3.81. The highest BCUT2D eigenvalue weighted by Crippen LogP contribution is 2.24. The highest BCUT2D eigenvalue weighted by atomic mass is 35.5. The molecule has 3 aromatic rings. The molecule has 0 fully saturated rings. The highest BCUT2D eigenvalue weighted by Gasteiger charge is 2.12. The minimum absolute atomic E-state index is 0.0427. The number of nitrogens with zero attached hydrogens (tertiary/aromatic N) is 4. The van der Waals surface area contributed by atoms with Gasteiger partial charge in [-0.25, -0.2) is 10.1 Å². The predicted molar refractivity (Wildman–Crippen MR) is 128 cm³/mol. The Morgan fingerprint density at radius 2 is 1.88 bits per heavy atom. The van der Waals surface area contributed by atoms with Crippen molar-refractivity contribution in [2.24, 2.45) is 5.10 Å². The zero-order chi connectivity index (χ0) is 23.1. The number of hydrogen-bond acceptors (Lipinski definition) is 8. The predicted octanol–water partition coefficient (Wildman–Crippen LogP) is 3.43. The number of rotatable bonds is 8. The molecule has 1 aromatic heterocycles. The molecule has 0 bridgehead atoms. The van der Waals surface area contributed by atoms with Gasteiger partial charge >= 0.3 is 0 Å². The molecule has 0 spiro atoms. The van der Waals surface area contributed by atoms with E-state index in [2.05, 4.69) is 31.4 Å². The van der Waals surface area contributed by atoms with Crippen molar-refractivity contribution in [2.45, 2.75) is 12.1 Å². The van der Waals surface area contributed by atoms with Crippen LogP contribution in [0.25, 0.3) is 0 Å². The van der Waals surface area contributed by atoms with Crippen LogP contribution in [0.2, 0.25) is 10.0 Å². The van der Waals surface area contributed by atoms with Gasteiger partial charge < -0.3 is 16.5 Å². The molecule has 0 aliphatic rings. The lowest BCUT2D eigenvalue weighted by Crippen LogP contribution is -2.17. The Labute approximate surface area is 197 Å². The Bertz CT molecular complexity index is 1170. The molecule has 1 heterocycles. The quantitative estimate of drug-likeness (QED) is 0.163. The van der Waals surface area contributed by atoms with E-state index in [1.807, 2.05) is 0 Å². The fraction of sp³-hybridized carbons (Fsp3) is 0.105. The van der Waals surface area contributed by atoms with E-state index in [-0.39, 0.29) is 23.5 Å². The second-order valence-electron chi connectivity index (χ2n) is 6.29. The van der Waals surface area contributed by atoms with Crippen LogP contribution in [0.1, 0.15) is 12.5 Å². The van der Waals surface area contributed by atoms with Crippen molar-refractivity contribution in [2.75, 3.05) is 27.7 Å². The summed E-state index contributed by atoms with van der Waals surface area (Å²) in [5.41, 5.74) is 4.41. The van der Waals surface area contributed by atoms with Crippen LogP contribution in [0.15, 0.2) is 52.7 Å². The number of nitrogen functional groups attached to an aromatic ring is 1. The molecule has 2 amide bonds. The molecule has 10 nitrogen and oxygen atoms in total. The van der Waals surface area contributed by atoms with Gasteiger partial charge in [0.25, 0.3) is 5.95 Å². The number of carbonyl (C=O) groups excluding carboxylic acids is 2. The number of halogens is 2. The van der Waals surface area contributed by atoms with E-state index in [1.54, 1.807) is 42.5 Å². The average Bonchev–Trinajstić information content (AvgIpc) is 3.09. The molecule has 13 heteroatoms. The number of nitrogens with one attached hydrogen (secondary N) is 3. The van der Waals surface area contributed by atoms with Crippen LogP contribution >= 0.6 is 35.0 Å².